The van der Waals surface area contributed by atoms with Crippen LogP contribution in [0.1, 0.15) is 46.6 Å². The Morgan fingerprint density at radius 1 is 1.23 bits per heavy atom. The number of nitrogens with one attached hydrogen (secondary N) is 1. The average molecular weight is 429 g/mol. The summed E-state index contributed by atoms with van der Waals surface area (Å²) >= 11 is 1.45. The van der Waals surface area contributed by atoms with Gasteiger partial charge in [-0.25, -0.2) is 4.79 Å². The van der Waals surface area contributed by atoms with Crippen LogP contribution >= 0.6 is 11.3 Å². The number of rotatable bonds is 8. The first kappa shape index (κ1) is 22.1. The summed E-state index contributed by atoms with van der Waals surface area (Å²) in [6.45, 7) is 6.47. The van der Waals surface area contributed by atoms with Crippen molar-refractivity contribution in [3.8, 4) is 5.75 Å². The van der Waals surface area contributed by atoms with Gasteiger partial charge in [-0.2, -0.15) is 0 Å². The van der Waals surface area contributed by atoms with Gasteiger partial charge in [0.2, 0.25) is 5.91 Å². The number of nitrogens with zero attached hydrogens (tertiary/aromatic N) is 1. The third-order valence-corrected chi connectivity index (χ3v) is 5.88. The molecule has 0 radical (unpaired) electrons. The summed E-state index contributed by atoms with van der Waals surface area (Å²) in [5, 5.41) is 3.44. The molecule has 1 aromatic heterocycles. The summed E-state index contributed by atoms with van der Waals surface area (Å²) in [5.41, 5.74) is 2.40. The van der Waals surface area contributed by atoms with E-state index < -0.39 is 0 Å². The summed E-state index contributed by atoms with van der Waals surface area (Å²) in [6, 6.07) is 7.57. The van der Waals surface area contributed by atoms with Gasteiger partial charge < -0.3 is 19.7 Å². The summed E-state index contributed by atoms with van der Waals surface area (Å²) in [7, 11) is 2.05. The van der Waals surface area contributed by atoms with Gasteiger partial charge in [0.15, 0.2) is 0 Å². The first-order valence-corrected chi connectivity index (χ1v) is 11.1. The highest BCUT2D eigenvalue weighted by molar-refractivity contribution is 7.17. The summed E-state index contributed by atoms with van der Waals surface area (Å²) < 4.78 is 10.8. The Labute approximate surface area is 181 Å². The van der Waals surface area contributed by atoms with Gasteiger partial charge in [-0.05, 0) is 56.1 Å². The van der Waals surface area contributed by atoms with Crippen molar-refractivity contribution in [2.45, 2.75) is 33.2 Å². The van der Waals surface area contributed by atoms with Crippen LogP contribution in [0.15, 0.2) is 30.3 Å². The van der Waals surface area contributed by atoms with E-state index in [4.69, 9.17) is 9.47 Å². The Bertz CT molecular complexity index is 918. The fourth-order valence-corrected chi connectivity index (χ4v) is 4.58. The maximum absolute atomic E-state index is 12.5. The maximum Gasteiger partial charge on any atom is 0.341 e. The molecule has 2 heterocycles. The Morgan fingerprint density at radius 3 is 2.70 bits per heavy atom. The number of likely N-dealkylation sites (N-methyl/N-ethyl adjacent to an activating group) is 1. The first-order valence-electron chi connectivity index (χ1n) is 10.2. The van der Waals surface area contributed by atoms with Crippen LogP contribution in [-0.4, -0.2) is 43.6 Å². The zero-order chi connectivity index (χ0) is 21.5. The molecule has 0 saturated heterocycles. The highest BCUT2D eigenvalue weighted by atomic mass is 32.1. The smallest absolute Gasteiger partial charge is 0.341 e. The Balaban J connectivity index is 1.72. The van der Waals surface area contributed by atoms with Crippen molar-refractivity contribution in [2.24, 2.45) is 0 Å². The number of hydrogen-bond donors (Lipinski definition) is 1. The molecule has 30 heavy (non-hydrogen) atoms. The molecule has 6 nitrogen and oxygen atoms in total. The molecule has 7 heteroatoms. The van der Waals surface area contributed by atoms with E-state index in [-0.39, 0.29) is 11.9 Å². The van der Waals surface area contributed by atoms with Gasteiger partial charge in [-0.1, -0.05) is 19.1 Å². The molecule has 1 aliphatic heterocycles. The minimum Gasteiger partial charge on any atom is -0.494 e. The monoisotopic (exact) mass is 428 g/mol. The van der Waals surface area contributed by atoms with E-state index in [2.05, 4.69) is 17.1 Å². The molecule has 1 N–H and O–H groups in total. The van der Waals surface area contributed by atoms with Crippen molar-refractivity contribution in [3.05, 3.63) is 51.9 Å². The van der Waals surface area contributed by atoms with Crippen LogP contribution in [0.3, 0.4) is 0 Å². The molecule has 1 amide bonds. The number of anilines is 1. The van der Waals surface area contributed by atoms with Crippen LogP contribution in [0, 0.1) is 0 Å². The molecule has 0 unspecified atom stereocenters. The number of ether oxygens (including phenoxy) is 2. The van der Waals surface area contributed by atoms with Gasteiger partial charge in [0, 0.05) is 24.0 Å². The first-order chi connectivity index (χ1) is 14.5. The van der Waals surface area contributed by atoms with Gasteiger partial charge in [0.1, 0.15) is 10.8 Å². The van der Waals surface area contributed by atoms with E-state index in [1.54, 1.807) is 13.0 Å². The molecule has 0 fully saturated rings. The molecule has 1 aromatic carbocycles. The van der Waals surface area contributed by atoms with Crippen LogP contribution in [0.5, 0.6) is 5.75 Å². The normalized spacial score (nSPS) is 13.8. The molecule has 0 aliphatic carbocycles. The number of thiophene rings is 1. The van der Waals surface area contributed by atoms with Gasteiger partial charge >= 0.3 is 5.97 Å². The highest BCUT2D eigenvalue weighted by Gasteiger charge is 2.28. The topological polar surface area (TPSA) is 67.9 Å². The van der Waals surface area contributed by atoms with E-state index >= 15 is 0 Å². The van der Waals surface area contributed by atoms with Gasteiger partial charge in [0.05, 0.1) is 18.8 Å². The van der Waals surface area contributed by atoms with E-state index in [1.807, 2.05) is 31.3 Å². The van der Waals surface area contributed by atoms with Crippen molar-refractivity contribution in [2.75, 3.05) is 32.1 Å². The lowest BCUT2D eigenvalue weighted by Crippen LogP contribution is -2.26. The van der Waals surface area contributed by atoms with E-state index in [9.17, 15) is 9.59 Å². The fourth-order valence-electron chi connectivity index (χ4n) is 3.26. The number of hydrogen-bond acceptors (Lipinski definition) is 6. The Kier molecular flexibility index (Phi) is 7.65. The summed E-state index contributed by atoms with van der Waals surface area (Å²) in [5.74, 6) is 0.159. The second-order valence-corrected chi connectivity index (χ2v) is 8.26. The van der Waals surface area contributed by atoms with Gasteiger partial charge in [-0.15, -0.1) is 11.3 Å². The second kappa shape index (κ2) is 10.4. The predicted octanol–water partition coefficient (Wildman–Crippen LogP) is 4.35. The lowest BCUT2D eigenvalue weighted by Gasteiger charge is -2.22. The number of fused-ring (bicyclic) bond motifs is 1. The summed E-state index contributed by atoms with van der Waals surface area (Å²) in [4.78, 5) is 28.4. The number of benzene rings is 1. The number of carbonyl (C=O) groups is 2. The minimum absolute atomic E-state index is 0.279. The fraction of sp³-hybridized carbons (Fsp3) is 0.391. The number of amides is 1. The van der Waals surface area contributed by atoms with Crippen LogP contribution in [-0.2, 0) is 22.5 Å². The Hall–Kier alpha value is -2.64. The minimum atomic E-state index is -0.374. The van der Waals surface area contributed by atoms with Gasteiger partial charge in [-0.3, -0.25) is 4.79 Å². The molecule has 0 saturated carbocycles. The van der Waals surface area contributed by atoms with Crippen LogP contribution in [0.4, 0.5) is 5.00 Å². The maximum atomic E-state index is 12.5. The van der Waals surface area contributed by atoms with Crippen molar-refractivity contribution >= 4 is 34.3 Å². The third-order valence-electron chi connectivity index (χ3n) is 4.74. The van der Waals surface area contributed by atoms with Crippen LogP contribution < -0.4 is 10.1 Å². The molecule has 0 atom stereocenters. The van der Waals surface area contributed by atoms with Crippen molar-refractivity contribution in [3.63, 3.8) is 0 Å². The third kappa shape index (κ3) is 5.49. The summed E-state index contributed by atoms with van der Waals surface area (Å²) in [6.07, 6.45) is 4.94. The second-order valence-electron chi connectivity index (χ2n) is 7.16. The van der Waals surface area contributed by atoms with Crippen molar-refractivity contribution in [1.29, 1.82) is 0 Å². The molecular weight excluding hydrogens is 400 g/mol. The highest BCUT2D eigenvalue weighted by Crippen LogP contribution is 2.37. The Morgan fingerprint density at radius 2 is 2.00 bits per heavy atom. The number of esters is 1. The zero-order valence-corrected chi connectivity index (χ0v) is 18.5. The predicted molar refractivity (Wildman–Crippen MR) is 120 cm³/mol. The van der Waals surface area contributed by atoms with Crippen LogP contribution in [0.25, 0.3) is 6.08 Å². The molecular formula is C23H28N2O4S. The SMILES string of the molecule is CCCOc1ccc(/C=C/C(=O)Nc2sc3c(c2C(=O)OCC)CCN(C)C3)cc1. The van der Waals surface area contributed by atoms with E-state index in [0.29, 0.717) is 23.8 Å². The molecule has 1 aliphatic rings. The van der Waals surface area contributed by atoms with Crippen molar-refractivity contribution < 1.29 is 19.1 Å². The van der Waals surface area contributed by atoms with E-state index in [0.717, 1.165) is 47.7 Å². The standard InChI is InChI=1S/C23H28N2O4S/c1-4-14-29-17-9-6-16(7-10-17)8-11-20(26)24-22-21(23(27)28-5-2)18-12-13-25(3)15-19(18)30-22/h6-11H,4-5,12-15H2,1-3H3,(H,24,26)/b11-8+. The molecule has 3 rings (SSSR count). The molecule has 0 spiro atoms. The quantitative estimate of drug-likeness (QED) is 0.500. The lowest BCUT2D eigenvalue weighted by molar-refractivity contribution is -0.111. The molecule has 2 aromatic rings. The van der Waals surface area contributed by atoms with E-state index in [1.165, 1.54) is 17.4 Å². The number of carbonyl (C=O) groups excluding carboxylic acids is 2. The largest absolute Gasteiger partial charge is 0.494 e. The molecule has 160 valence electrons. The zero-order valence-electron chi connectivity index (χ0n) is 17.7. The van der Waals surface area contributed by atoms with Gasteiger partial charge in [0.25, 0.3) is 0 Å². The van der Waals surface area contributed by atoms with Crippen LogP contribution in [0.2, 0.25) is 0 Å². The van der Waals surface area contributed by atoms with Crippen molar-refractivity contribution in [1.82, 2.24) is 4.90 Å². The average Bonchev–Trinajstić information content (AvgIpc) is 3.08. The lowest BCUT2D eigenvalue weighted by atomic mass is 10.0. The molecule has 0 bridgehead atoms.